The lowest BCUT2D eigenvalue weighted by Gasteiger charge is -2.16. The van der Waals surface area contributed by atoms with Crippen LogP contribution >= 0.6 is 0 Å². The molecule has 5 heteroatoms. The molecule has 24 heavy (non-hydrogen) atoms. The Kier molecular flexibility index (Phi) is 4.81. The van der Waals surface area contributed by atoms with Gasteiger partial charge in [0.25, 0.3) is 0 Å². The Morgan fingerprint density at radius 2 is 1.92 bits per heavy atom. The van der Waals surface area contributed by atoms with Crippen LogP contribution in [-0.2, 0) is 14.9 Å². The van der Waals surface area contributed by atoms with Crippen molar-refractivity contribution < 1.29 is 14.3 Å². The van der Waals surface area contributed by atoms with Crippen molar-refractivity contribution in [2.24, 2.45) is 0 Å². The van der Waals surface area contributed by atoms with E-state index in [9.17, 15) is 4.79 Å². The van der Waals surface area contributed by atoms with Crippen LogP contribution in [-0.4, -0.2) is 31.2 Å². The number of carbonyl (C=O) groups is 1. The molecule has 1 aliphatic rings. The number of aryl methyl sites for hydroxylation is 1. The maximum Gasteiger partial charge on any atom is 0.235 e. The normalized spacial score (nSPS) is 14.9. The molecule has 3 rings (SSSR count). The van der Waals surface area contributed by atoms with Gasteiger partial charge in [-0.3, -0.25) is 4.79 Å². The minimum atomic E-state index is -0.388. The van der Waals surface area contributed by atoms with Crippen molar-refractivity contribution >= 4 is 11.6 Å². The number of nitrogens with one attached hydrogen (secondary N) is 1. The quantitative estimate of drug-likeness (QED) is 0.794. The molecule has 0 aliphatic heterocycles. The summed E-state index contributed by atoms with van der Waals surface area (Å²) >= 11 is 0. The van der Waals surface area contributed by atoms with E-state index in [0.717, 1.165) is 18.4 Å². The first kappa shape index (κ1) is 16.5. The summed E-state index contributed by atoms with van der Waals surface area (Å²) in [6, 6.07) is 11.8. The zero-order valence-electron chi connectivity index (χ0n) is 14.0. The van der Waals surface area contributed by atoms with Crippen LogP contribution in [0.2, 0.25) is 0 Å². The van der Waals surface area contributed by atoms with E-state index in [1.165, 1.54) is 5.56 Å². The highest BCUT2D eigenvalue weighted by molar-refractivity contribution is 6.01. The highest BCUT2D eigenvalue weighted by atomic mass is 16.5. The Morgan fingerprint density at radius 3 is 2.50 bits per heavy atom. The summed E-state index contributed by atoms with van der Waals surface area (Å²) in [5, 5.41) is 2.97. The van der Waals surface area contributed by atoms with Crippen molar-refractivity contribution in [2.75, 3.05) is 25.6 Å². The van der Waals surface area contributed by atoms with E-state index in [4.69, 9.17) is 9.47 Å². The summed E-state index contributed by atoms with van der Waals surface area (Å²) < 4.78 is 10.3. The van der Waals surface area contributed by atoms with E-state index >= 15 is 0 Å². The predicted octanol–water partition coefficient (Wildman–Crippen LogP) is 3.09. The van der Waals surface area contributed by atoms with E-state index in [1.807, 2.05) is 19.1 Å². The molecule has 1 aromatic heterocycles. The van der Waals surface area contributed by atoms with Crippen LogP contribution in [0.25, 0.3) is 0 Å². The fourth-order valence-corrected chi connectivity index (χ4v) is 2.66. The third-order valence-electron chi connectivity index (χ3n) is 4.32. The van der Waals surface area contributed by atoms with E-state index in [-0.39, 0.29) is 11.3 Å². The van der Waals surface area contributed by atoms with Crippen LogP contribution in [0.5, 0.6) is 5.88 Å². The molecule has 1 N–H and O–H groups in total. The Labute approximate surface area is 142 Å². The molecule has 1 fully saturated rings. The van der Waals surface area contributed by atoms with E-state index in [2.05, 4.69) is 22.4 Å². The van der Waals surface area contributed by atoms with Gasteiger partial charge in [-0.2, -0.15) is 0 Å². The van der Waals surface area contributed by atoms with Crippen LogP contribution in [0, 0.1) is 6.92 Å². The molecule has 5 nitrogen and oxygen atoms in total. The Morgan fingerprint density at radius 1 is 1.17 bits per heavy atom. The second-order valence-corrected chi connectivity index (χ2v) is 6.13. The molecule has 0 atom stereocenters. The molecular weight excluding hydrogens is 304 g/mol. The summed E-state index contributed by atoms with van der Waals surface area (Å²) in [6.07, 6.45) is 3.38. The molecule has 1 amide bonds. The molecule has 0 saturated heterocycles. The molecule has 1 aliphatic carbocycles. The third-order valence-corrected chi connectivity index (χ3v) is 4.32. The minimum absolute atomic E-state index is 0.0289. The van der Waals surface area contributed by atoms with Crippen molar-refractivity contribution in [3.05, 3.63) is 53.7 Å². The fourth-order valence-electron chi connectivity index (χ4n) is 2.66. The standard InChI is InChI=1S/C19H22N2O3/c1-14-3-5-15(6-4-14)19(9-10-19)18(22)21-16-7-8-17(20-13-16)24-12-11-23-2/h3-8,13H,9-12H2,1-2H3,(H,21,22). The number of nitrogens with zero attached hydrogens (tertiary/aromatic N) is 1. The molecular formula is C19H22N2O3. The van der Waals surface area contributed by atoms with Gasteiger partial charge in [-0.15, -0.1) is 0 Å². The maximum atomic E-state index is 12.7. The lowest BCUT2D eigenvalue weighted by molar-refractivity contribution is -0.118. The minimum Gasteiger partial charge on any atom is -0.475 e. The van der Waals surface area contributed by atoms with Crippen LogP contribution in [0.15, 0.2) is 42.6 Å². The van der Waals surface area contributed by atoms with Crippen molar-refractivity contribution in [1.29, 1.82) is 0 Å². The van der Waals surface area contributed by atoms with Gasteiger partial charge in [0.2, 0.25) is 11.8 Å². The molecule has 2 aromatic rings. The summed E-state index contributed by atoms with van der Waals surface area (Å²) in [5.41, 5.74) is 2.57. The SMILES string of the molecule is COCCOc1ccc(NC(=O)C2(c3ccc(C)cc3)CC2)cn1. The molecule has 1 saturated carbocycles. The van der Waals surface area contributed by atoms with E-state index in [1.54, 1.807) is 25.4 Å². The zero-order chi connectivity index (χ0) is 17.0. The van der Waals surface area contributed by atoms with Gasteiger partial charge in [-0.1, -0.05) is 29.8 Å². The number of carbonyl (C=O) groups excluding carboxylic acids is 1. The average Bonchev–Trinajstić information content (AvgIpc) is 3.39. The van der Waals surface area contributed by atoms with Gasteiger partial charge in [0.05, 0.1) is 23.9 Å². The van der Waals surface area contributed by atoms with Crippen molar-refractivity contribution in [1.82, 2.24) is 4.98 Å². The third kappa shape index (κ3) is 3.57. The maximum absolute atomic E-state index is 12.7. The van der Waals surface area contributed by atoms with Crippen LogP contribution in [0.3, 0.4) is 0 Å². The number of amides is 1. The number of ether oxygens (including phenoxy) is 2. The smallest absolute Gasteiger partial charge is 0.235 e. The molecule has 0 radical (unpaired) electrons. The fraction of sp³-hybridized carbons (Fsp3) is 0.368. The Balaban J connectivity index is 1.63. The van der Waals surface area contributed by atoms with Crippen molar-refractivity contribution in [3.63, 3.8) is 0 Å². The zero-order valence-corrected chi connectivity index (χ0v) is 14.0. The van der Waals surface area contributed by atoms with Gasteiger partial charge in [0.1, 0.15) is 6.61 Å². The first-order valence-electron chi connectivity index (χ1n) is 8.10. The number of hydrogen-bond acceptors (Lipinski definition) is 4. The molecule has 1 heterocycles. The molecule has 1 aromatic carbocycles. The first-order valence-corrected chi connectivity index (χ1v) is 8.10. The largest absolute Gasteiger partial charge is 0.475 e. The second kappa shape index (κ2) is 7.01. The van der Waals surface area contributed by atoms with Gasteiger partial charge in [-0.25, -0.2) is 4.98 Å². The monoisotopic (exact) mass is 326 g/mol. The number of pyridine rings is 1. The predicted molar refractivity (Wildman–Crippen MR) is 92.3 cm³/mol. The molecule has 126 valence electrons. The molecule has 0 bridgehead atoms. The summed E-state index contributed by atoms with van der Waals surface area (Å²) in [5.74, 6) is 0.547. The van der Waals surface area contributed by atoms with Gasteiger partial charge >= 0.3 is 0 Å². The lowest BCUT2D eigenvalue weighted by atomic mass is 9.94. The number of benzene rings is 1. The van der Waals surface area contributed by atoms with Crippen LogP contribution in [0.4, 0.5) is 5.69 Å². The van der Waals surface area contributed by atoms with E-state index in [0.29, 0.717) is 24.8 Å². The highest BCUT2D eigenvalue weighted by Gasteiger charge is 2.51. The number of aromatic nitrogens is 1. The average molecular weight is 326 g/mol. The van der Waals surface area contributed by atoms with Gasteiger partial charge in [0.15, 0.2) is 0 Å². The van der Waals surface area contributed by atoms with Crippen LogP contribution in [0.1, 0.15) is 24.0 Å². The number of hydrogen-bond donors (Lipinski definition) is 1. The van der Waals surface area contributed by atoms with Gasteiger partial charge in [0, 0.05) is 13.2 Å². The topological polar surface area (TPSA) is 60.5 Å². The second-order valence-electron chi connectivity index (χ2n) is 6.13. The van der Waals surface area contributed by atoms with Crippen LogP contribution < -0.4 is 10.1 Å². The summed E-state index contributed by atoms with van der Waals surface area (Å²) in [7, 11) is 1.62. The molecule has 0 unspecified atom stereocenters. The van der Waals surface area contributed by atoms with Gasteiger partial charge < -0.3 is 14.8 Å². The number of methoxy groups -OCH3 is 1. The summed E-state index contributed by atoms with van der Waals surface area (Å²) in [6.45, 7) is 3.01. The highest BCUT2D eigenvalue weighted by Crippen LogP contribution is 2.49. The first-order chi connectivity index (χ1) is 11.6. The number of anilines is 1. The van der Waals surface area contributed by atoms with E-state index < -0.39 is 0 Å². The lowest BCUT2D eigenvalue weighted by Crippen LogP contribution is -2.27. The van der Waals surface area contributed by atoms with Crippen molar-refractivity contribution in [3.8, 4) is 5.88 Å². The number of rotatable bonds is 7. The van der Waals surface area contributed by atoms with Gasteiger partial charge in [-0.05, 0) is 31.4 Å². The summed E-state index contributed by atoms with van der Waals surface area (Å²) in [4.78, 5) is 16.9. The Bertz CT molecular complexity index is 692. The Hall–Kier alpha value is -2.40. The molecule has 0 spiro atoms. The van der Waals surface area contributed by atoms with Crippen molar-refractivity contribution in [2.45, 2.75) is 25.2 Å².